The normalized spacial score (nSPS) is 11.4. The van der Waals surface area contributed by atoms with Crippen LogP contribution in [-0.2, 0) is 10.0 Å². The first kappa shape index (κ1) is 15.4. The SMILES string of the molecule is CCN(c1ccccc1C)S(=O)(=O)c1cc(N)ccc1C. The number of sulfonamides is 1. The van der Waals surface area contributed by atoms with E-state index in [0.29, 0.717) is 23.5 Å². The van der Waals surface area contributed by atoms with Crippen molar-refractivity contribution >= 4 is 21.4 Å². The van der Waals surface area contributed by atoms with Crippen molar-refractivity contribution in [3.05, 3.63) is 53.6 Å². The molecule has 0 atom stereocenters. The Labute approximate surface area is 126 Å². The van der Waals surface area contributed by atoms with E-state index in [-0.39, 0.29) is 4.90 Å². The van der Waals surface area contributed by atoms with Gasteiger partial charge in [0.15, 0.2) is 0 Å². The second kappa shape index (κ2) is 5.77. The van der Waals surface area contributed by atoms with Gasteiger partial charge in [-0.15, -0.1) is 0 Å². The molecule has 4 nitrogen and oxygen atoms in total. The lowest BCUT2D eigenvalue weighted by Crippen LogP contribution is -2.31. The number of nitrogens with zero attached hydrogens (tertiary/aromatic N) is 1. The van der Waals surface area contributed by atoms with Gasteiger partial charge in [-0.25, -0.2) is 8.42 Å². The molecule has 0 aliphatic carbocycles. The Kier molecular flexibility index (Phi) is 4.23. The van der Waals surface area contributed by atoms with Crippen LogP contribution in [0.2, 0.25) is 0 Å². The summed E-state index contributed by atoms with van der Waals surface area (Å²) in [6.07, 6.45) is 0. The topological polar surface area (TPSA) is 63.4 Å². The average molecular weight is 304 g/mol. The van der Waals surface area contributed by atoms with Crippen LogP contribution in [0, 0.1) is 13.8 Å². The van der Waals surface area contributed by atoms with E-state index in [4.69, 9.17) is 5.73 Å². The van der Waals surface area contributed by atoms with E-state index in [9.17, 15) is 8.42 Å². The molecule has 0 aliphatic heterocycles. The second-order valence-electron chi connectivity index (χ2n) is 4.98. The molecule has 0 saturated heterocycles. The molecule has 0 amide bonds. The van der Waals surface area contributed by atoms with Crippen molar-refractivity contribution in [2.45, 2.75) is 25.7 Å². The lowest BCUT2D eigenvalue weighted by Gasteiger charge is -2.25. The van der Waals surface area contributed by atoms with E-state index in [1.165, 1.54) is 10.4 Å². The molecule has 2 aromatic rings. The number of para-hydroxylation sites is 1. The molecule has 0 unspecified atom stereocenters. The molecule has 0 fully saturated rings. The lowest BCUT2D eigenvalue weighted by atomic mass is 10.2. The number of hydrogen-bond donors (Lipinski definition) is 1. The van der Waals surface area contributed by atoms with Gasteiger partial charge < -0.3 is 5.73 Å². The quantitative estimate of drug-likeness (QED) is 0.883. The summed E-state index contributed by atoms with van der Waals surface area (Å²) >= 11 is 0. The van der Waals surface area contributed by atoms with Crippen LogP contribution in [0.3, 0.4) is 0 Å². The molecule has 0 heterocycles. The van der Waals surface area contributed by atoms with Crippen molar-refractivity contribution in [1.29, 1.82) is 0 Å². The maximum Gasteiger partial charge on any atom is 0.264 e. The zero-order valence-electron chi connectivity index (χ0n) is 12.5. The van der Waals surface area contributed by atoms with Crippen molar-refractivity contribution in [1.82, 2.24) is 0 Å². The van der Waals surface area contributed by atoms with E-state index in [0.717, 1.165) is 5.56 Å². The van der Waals surface area contributed by atoms with Crippen molar-refractivity contribution in [2.24, 2.45) is 0 Å². The zero-order valence-corrected chi connectivity index (χ0v) is 13.3. The fraction of sp³-hybridized carbons (Fsp3) is 0.250. The molecule has 0 aliphatic rings. The highest BCUT2D eigenvalue weighted by Crippen LogP contribution is 2.28. The van der Waals surface area contributed by atoms with Gasteiger partial charge in [0, 0.05) is 12.2 Å². The first-order chi connectivity index (χ1) is 9.87. The van der Waals surface area contributed by atoms with Crippen molar-refractivity contribution in [3.63, 3.8) is 0 Å². The van der Waals surface area contributed by atoms with Gasteiger partial charge in [0.25, 0.3) is 10.0 Å². The smallest absolute Gasteiger partial charge is 0.264 e. The molecule has 0 radical (unpaired) electrons. The van der Waals surface area contributed by atoms with E-state index < -0.39 is 10.0 Å². The summed E-state index contributed by atoms with van der Waals surface area (Å²) in [5, 5.41) is 0. The monoisotopic (exact) mass is 304 g/mol. The molecule has 2 N–H and O–H groups in total. The Morgan fingerprint density at radius 2 is 1.71 bits per heavy atom. The molecular formula is C16H20N2O2S. The summed E-state index contributed by atoms with van der Waals surface area (Å²) in [6, 6.07) is 12.4. The predicted octanol–water partition coefficient (Wildman–Crippen LogP) is 3.10. The molecule has 21 heavy (non-hydrogen) atoms. The molecule has 0 saturated carbocycles. The lowest BCUT2D eigenvalue weighted by molar-refractivity contribution is 0.591. The highest BCUT2D eigenvalue weighted by atomic mass is 32.2. The van der Waals surface area contributed by atoms with Crippen LogP contribution in [0.1, 0.15) is 18.1 Å². The summed E-state index contributed by atoms with van der Waals surface area (Å²) in [7, 11) is -3.63. The number of nitrogens with two attached hydrogens (primary N) is 1. The highest BCUT2D eigenvalue weighted by Gasteiger charge is 2.26. The van der Waals surface area contributed by atoms with Crippen LogP contribution in [0.4, 0.5) is 11.4 Å². The average Bonchev–Trinajstić information content (AvgIpc) is 2.44. The van der Waals surface area contributed by atoms with E-state index >= 15 is 0 Å². The van der Waals surface area contributed by atoms with Gasteiger partial charge in [-0.1, -0.05) is 24.3 Å². The fourth-order valence-corrected chi connectivity index (χ4v) is 4.13. The number of anilines is 2. The third-order valence-electron chi connectivity index (χ3n) is 3.45. The van der Waals surface area contributed by atoms with Gasteiger partial charge in [-0.2, -0.15) is 0 Å². The molecule has 0 bridgehead atoms. The number of aryl methyl sites for hydroxylation is 2. The number of nitrogen functional groups attached to an aromatic ring is 1. The van der Waals surface area contributed by atoms with Gasteiger partial charge in [0.05, 0.1) is 10.6 Å². The van der Waals surface area contributed by atoms with Gasteiger partial charge in [0.2, 0.25) is 0 Å². The third kappa shape index (κ3) is 2.88. The molecule has 2 rings (SSSR count). The van der Waals surface area contributed by atoms with Crippen molar-refractivity contribution in [3.8, 4) is 0 Å². The van der Waals surface area contributed by atoms with E-state index in [1.807, 2.05) is 38.1 Å². The molecular weight excluding hydrogens is 284 g/mol. The Morgan fingerprint density at radius 1 is 1.05 bits per heavy atom. The Hall–Kier alpha value is -2.01. The van der Waals surface area contributed by atoms with Gasteiger partial charge in [-0.05, 0) is 50.1 Å². The third-order valence-corrected chi connectivity index (χ3v) is 5.48. The summed E-state index contributed by atoms with van der Waals surface area (Å²) < 4.78 is 27.3. The molecule has 0 spiro atoms. The number of hydrogen-bond acceptors (Lipinski definition) is 3. The van der Waals surface area contributed by atoms with Crippen LogP contribution in [0.5, 0.6) is 0 Å². The minimum absolute atomic E-state index is 0.257. The molecule has 5 heteroatoms. The minimum atomic E-state index is -3.63. The van der Waals surface area contributed by atoms with Gasteiger partial charge in [0.1, 0.15) is 0 Å². The predicted molar refractivity (Wildman–Crippen MR) is 87.0 cm³/mol. The van der Waals surface area contributed by atoms with Crippen LogP contribution < -0.4 is 10.0 Å². The summed E-state index contributed by atoms with van der Waals surface area (Å²) in [4.78, 5) is 0.257. The summed E-state index contributed by atoms with van der Waals surface area (Å²) in [5.74, 6) is 0. The van der Waals surface area contributed by atoms with E-state index in [2.05, 4.69) is 0 Å². The zero-order chi connectivity index (χ0) is 15.6. The molecule has 2 aromatic carbocycles. The van der Waals surface area contributed by atoms with Crippen LogP contribution in [0.15, 0.2) is 47.4 Å². The highest BCUT2D eigenvalue weighted by molar-refractivity contribution is 7.92. The Balaban J connectivity index is 2.61. The number of benzene rings is 2. The largest absolute Gasteiger partial charge is 0.399 e. The maximum absolute atomic E-state index is 13.0. The van der Waals surface area contributed by atoms with E-state index in [1.54, 1.807) is 19.1 Å². The van der Waals surface area contributed by atoms with Crippen LogP contribution in [0.25, 0.3) is 0 Å². The maximum atomic E-state index is 13.0. The minimum Gasteiger partial charge on any atom is -0.399 e. The number of rotatable bonds is 4. The van der Waals surface area contributed by atoms with Crippen molar-refractivity contribution in [2.75, 3.05) is 16.6 Å². The standard InChI is InChI=1S/C16H20N2O2S/c1-4-18(15-8-6-5-7-12(15)2)21(19,20)16-11-14(17)10-9-13(16)3/h5-11H,4,17H2,1-3H3. The van der Waals surface area contributed by atoms with Crippen molar-refractivity contribution < 1.29 is 8.42 Å². The molecule has 112 valence electrons. The van der Waals surface area contributed by atoms with Crippen LogP contribution >= 0.6 is 0 Å². The summed E-state index contributed by atoms with van der Waals surface area (Å²) in [5.41, 5.74) is 8.50. The Bertz CT molecular complexity index is 755. The molecule has 0 aromatic heterocycles. The first-order valence-corrected chi connectivity index (χ1v) is 8.26. The summed E-state index contributed by atoms with van der Waals surface area (Å²) in [6.45, 7) is 5.87. The Morgan fingerprint density at radius 3 is 2.33 bits per heavy atom. The second-order valence-corrected chi connectivity index (χ2v) is 6.81. The van der Waals surface area contributed by atoms with Gasteiger partial charge in [-0.3, -0.25) is 4.31 Å². The van der Waals surface area contributed by atoms with Gasteiger partial charge >= 0.3 is 0 Å². The first-order valence-electron chi connectivity index (χ1n) is 6.82. The van der Waals surface area contributed by atoms with Crippen LogP contribution in [-0.4, -0.2) is 15.0 Å². The fourth-order valence-electron chi connectivity index (χ4n) is 2.33.